The van der Waals surface area contributed by atoms with Crippen LogP contribution in [-0.2, 0) is 18.7 Å². The van der Waals surface area contributed by atoms with Crippen molar-refractivity contribution in [1.29, 1.82) is 0 Å². The van der Waals surface area contributed by atoms with Crippen molar-refractivity contribution in [2.45, 2.75) is 65.0 Å². The molecule has 1 heterocycles. The molecule has 148 valence electrons. The number of anilines is 1. The van der Waals surface area contributed by atoms with Crippen LogP contribution in [0, 0.1) is 6.92 Å². The number of hydrogen-bond acceptors (Lipinski definition) is 6. The van der Waals surface area contributed by atoms with Crippen LogP contribution in [0.3, 0.4) is 0 Å². The second-order valence-corrected chi connectivity index (χ2v) is 12.8. The maximum Gasteiger partial charge on any atom is 0.255 e. The van der Waals surface area contributed by atoms with Gasteiger partial charge >= 0.3 is 0 Å². The quantitative estimate of drug-likeness (QED) is 0.660. The van der Waals surface area contributed by atoms with Crippen LogP contribution >= 0.6 is 0 Å². The van der Waals surface area contributed by atoms with Gasteiger partial charge < -0.3 is 19.2 Å². The predicted molar refractivity (Wildman–Crippen MR) is 105 cm³/mol. The minimum Gasteiger partial charge on any atom is -0.403 e. The van der Waals surface area contributed by atoms with E-state index in [1.807, 2.05) is 13.8 Å². The number of carbonyl (C=O) groups excluding carboxylic acids is 1. The second kappa shape index (κ2) is 9.54. The molecule has 0 unspecified atom stereocenters. The van der Waals surface area contributed by atoms with E-state index in [4.69, 9.17) is 13.9 Å². The molecule has 0 aliphatic carbocycles. The van der Waals surface area contributed by atoms with Gasteiger partial charge in [0.25, 0.3) is 5.91 Å². The summed E-state index contributed by atoms with van der Waals surface area (Å²) in [5.41, 5.74) is 0.786. The zero-order chi connectivity index (χ0) is 20.0. The van der Waals surface area contributed by atoms with E-state index in [0.717, 1.165) is 5.69 Å². The highest BCUT2D eigenvalue weighted by Gasteiger charge is 2.41. The minimum absolute atomic E-state index is 0.0205. The van der Waals surface area contributed by atoms with Crippen molar-refractivity contribution in [3.63, 3.8) is 0 Å². The second-order valence-electron chi connectivity index (χ2n) is 8.00. The first-order valence-electron chi connectivity index (χ1n) is 8.84. The lowest BCUT2D eigenvalue weighted by atomic mass is 10.2. The molecule has 2 atom stereocenters. The van der Waals surface area contributed by atoms with Crippen molar-refractivity contribution in [2.75, 3.05) is 25.6 Å². The van der Waals surface area contributed by atoms with Crippen molar-refractivity contribution >= 4 is 20.0 Å². The summed E-state index contributed by atoms with van der Waals surface area (Å²) >= 11 is 0. The van der Waals surface area contributed by atoms with Gasteiger partial charge in [0.1, 0.15) is 6.10 Å². The van der Waals surface area contributed by atoms with E-state index in [1.165, 1.54) is 6.20 Å². The number of carbonyl (C=O) groups is 1. The Morgan fingerprint density at radius 3 is 2.38 bits per heavy atom. The highest BCUT2D eigenvalue weighted by molar-refractivity contribution is 6.74. The zero-order valence-electron chi connectivity index (χ0n) is 17.3. The fraction of sp³-hybridized carbons (Fsp3) is 0.722. The standard InChI is InChI=1S/C18H33N3O4Si/c1-13-9-20-16(10-19-13)21-17(22)15(12-24-14(2)11-23-6)25-26(7,8)18(3,4)5/h9-10,14-15H,11-12H2,1-8H3,(H,20,21,22)/t14-,15-/m0/s1. The Labute approximate surface area is 158 Å². The van der Waals surface area contributed by atoms with Gasteiger partial charge in [-0.05, 0) is 32.0 Å². The number of rotatable bonds is 9. The molecule has 0 radical (unpaired) electrons. The highest BCUT2D eigenvalue weighted by atomic mass is 28.4. The summed E-state index contributed by atoms with van der Waals surface area (Å²) in [4.78, 5) is 21.1. The number of amides is 1. The summed E-state index contributed by atoms with van der Waals surface area (Å²) in [6.07, 6.45) is 2.29. The number of aryl methyl sites for hydroxylation is 1. The average molecular weight is 384 g/mol. The lowest BCUT2D eigenvalue weighted by Crippen LogP contribution is -2.49. The van der Waals surface area contributed by atoms with Crippen LogP contribution in [0.2, 0.25) is 18.1 Å². The summed E-state index contributed by atoms with van der Waals surface area (Å²) in [7, 11) is -0.538. The third-order valence-corrected chi connectivity index (χ3v) is 8.99. The molecule has 1 rings (SSSR count). The molecule has 1 aromatic rings. The first-order valence-corrected chi connectivity index (χ1v) is 11.7. The van der Waals surface area contributed by atoms with Gasteiger partial charge in [-0.2, -0.15) is 0 Å². The van der Waals surface area contributed by atoms with Crippen molar-refractivity contribution in [3.05, 3.63) is 18.1 Å². The predicted octanol–water partition coefficient (Wildman–Crippen LogP) is 3.17. The number of nitrogens with one attached hydrogen (secondary N) is 1. The van der Waals surface area contributed by atoms with Crippen LogP contribution in [0.25, 0.3) is 0 Å². The maximum absolute atomic E-state index is 12.8. The Morgan fingerprint density at radius 1 is 1.23 bits per heavy atom. The molecule has 0 saturated carbocycles. The Morgan fingerprint density at radius 2 is 1.88 bits per heavy atom. The largest absolute Gasteiger partial charge is 0.403 e. The Bertz CT molecular complexity index is 573. The molecule has 26 heavy (non-hydrogen) atoms. The molecule has 1 N–H and O–H groups in total. The SMILES string of the molecule is COC[C@H](C)OC[C@H](O[Si](C)(C)C(C)(C)C)C(=O)Nc1cnc(C)cn1. The van der Waals surface area contributed by atoms with Gasteiger partial charge in [0, 0.05) is 7.11 Å². The molecule has 0 bridgehead atoms. The Kier molecular flexibility index (Phi) is 8.33. The molecule has 0 aromatic carbocycles. The van der Waals surface area contributed by atoms with E-state index in [1.54, 1.807) is 13.3 Å². The Hall–Kier alpha value is -1.35. The van der Waals surface area contributed by atoms with Gasteiger partial charge in [-0.15, -0.1) is 0 Å². The third-order valence-electron chi connectivity index (χ3n) is 4.50. The average Bonchev–Trinajstić information content (AvgIpc) is 2.52. The first kappa shape index (κ1) is 22.7. The monoisotopic (exact) mass is 383 g/mol. The molecule has 0 fully saturated rings. The van der Waals surface area contributed by atoms with Crippen LogP contribution in [0.4, 0.5) is 5.82 Å². The van der Waals surface area contributed by atoms with E-state index >= 15 is 0 Å². The van der Waals surface area contributed by atoms with Gasteiger partial charge in [0.15, 0.2) is 14.1 Å². The third kappa shape index (κ3) is 7.11. The summed E-state index contributed by atoms with van der Waals surface area (Å²) in [5, 5.41) is 2.75. The minimum atomic E-state index is -2.16. The van der Waals surface area contributed by atoms with Crippen LogP contribution in [-0.4, -0.2) is 56.7 Å². The van der Waals surface area contributed by atoms with E-state index < -0.39 is 14.4 Å². The normalized spacial score (nSPS) is 14.8. The molecule has 7 nitrogen and oxygen atoms in total. The van der Waals surface area contributed by atoms with Gasteiger partial charge in [0.2, 0.25) is 0 Å². The number of methoxy groups -OCH3 is 1. The summed E-state index contributed by atoms with van der Waals surface area (Å²) in [6.45, 7) is 15.0. The maximum atomic E-state index is 12.8. The van der Waals surface area contributed by atoms with E-state index in [0.29, 0.717) is 12.4 Å². The molecule has 1 amide bonds. The van der Waals surface area contributed by atoms with Gasteiger partial charge in [-0.25, -0.2) is 4.98 Å². The number of ether oxygens (including phenoxy) is 2. The van der Waals surface area contributed by atoms with Crippen molar-refractivity contribution in [2.24, 2.45) is 0 Å². The summed E-state index contributed by atoms with van der Waals surface area (Å²) in [6, 6.07) is 0. The number of aromatic nitrogens is 2. The van der Waals surface area contributed by atoms with Crippen LogP contribution in [0.15, 0.2) is 12.4 Å². The fourth-order valence-electron chi connectivity index (χ4n) is 1.89. The molecular weight excluding hydrogens is 350 g/mol. The zero-order valence-corrected chi connectivity index (χ0v) is 18.3. The van der Waals surface area contributed by atoms with Crippen LogP contribution < -0.4 is 5.32 Å². The van der Waals surface area contributed by atoms with Crippen LogP contribution in [0.5, 0.6) is 0 Å². The lowest BCUT2D eigenvalue weighted by Gasteiger charge is -2.38. The molecule has 0 saturated heterocycles. The molecular formula is C18H33N3O4Si. The number of hydrogen-bond donors (Lipinski definition) is 1. The van der Waals surface area contributed by atoms with E-state index in [2.05, 4.69) is 49.1 Å². The van der Waals surface area contributed by atoms with Gasteiger partial charge in [0.05, 0.1) is 37.4 Å². The first-order chi connectivity index (χ1) is 12.0. The van der Waals surface area contributed by atoms with Gasteiger partial charge in [-0.1, -0.05) is 20.8 Å². The molecule has 0 aliphatic rings. The molecule has 0 spiro atoms. The van der Waals surface area contributed by atoms with Crippen molar-refractivity contribution < 1.29 is 18.7 Å². The van der Waals surface area contributed by atoms with E-state index in [-0.39, 0.29) is 23.7 Å². The Balaban J connectivity index is 2.87. The van der Waals surface area contributed by atoms with E-state index in [9.17, 15) is 4.79 Å². The molecule has 8 heteroatoms. The topological polar surface area (TPSA) is 82.6 Å². The highest BCUT2D eigenvalue weighted by Crippen LogP contribution is 2.37. The smallest absolute Gasteiger partial charge is 0.255 e. The summed E-state index contributed by atoms with van der Waals surface area (Å²) < 4.78 is 17.1. The summed E-state index contributed by atoms with van der Waals surface area (Å²) in [5.74, 6) is 0.118. The van der Waals surface area contributed by atoms with Crippen molar-refractivity contribution in [1.82, 2.24) is 9.97 Å². The van der Waals surface area contributed by atoms with Crippen LogP contribution in [0.1, 0.15) is 33.4 Å². The molecule has 0 aliphatic heterocycles. The van der Waals surface area contributed by atoms with Gasteiger partial charge in [-0.3, -0.25) is 9.78 Å². The lowest BCUT2D eigenvalue weighted by molar-refractivity contribution is -0.127. The fourth-order valence-corrected chi connectivity index (χ4v) is 3.13. The number of nitrogens with zero attached hydrogens (tertiary/aromatic N) is 2. The molecule has 1 aromatic heterocycles. The van der Waals surface area contributed by atoms with Crippen molar-refractivity contribution in [3.8, 4) is 0 Å².